The number of nitrogens with zero attached hydrogens (tertiary/aromatic N) is 2. The maximum atomic E-state index is 11.7. The van der Waals surface area contributed by atoms with Crippen LogP contribution in [0.1, 0.15) is 13.3 Å². The molecule has 0 saturated heterocycles. The molecule has 98 valence electrons. The van der Waals surface area contributed by atoms with E-state index in [0.29, 0.717) is 13.0 Å². The number of fused-ring (bicyclic) bond motifs is 1. The van der Waals surface area contributed by atoms with Gasteiger partial charge in [-0.15, -0.1) is 0 Å². The molecule has 0 aliphatic heterocycles. The second-order valence-electron chi connectivity index (χ2n) is 4.22. The normalized spacial score (nSPS) is 12.1. The van der Waals surface area contributed by atoms with E-state index >= 15 is 0 Å². The third kappa shape index (κ3) is 3.23. The number of benzene rings is 1. The van der Waals surface area contributed by atoms with Crippen LogP contribution < -0.4 is 0 Å². The van der Waals surface area contributed by atoms with Crippen LogP contribution in [0.5, 0.6) is 0 Å². The Morgan fingerprint density at radius 1 is 1.33 bits per heavy atom. The molecule has 2 rings (SSSR count). The SMILES string of the molecule is CCCS(=O)(=O)CCn1ncc2ccc(I)cc21. The first-order chi connectivity index (χ1) is 8.52. The van der Waals surface area contributed by atoms with Gasteiger partial charge in [0.1, 0.15) is 0 Å². The van der Waals surface area contributed by atoms with Crippen LogP contribution in [-0.4, -0.2) is 29.7 Å². The summed E-state index contributed by atoms with van der Waals surface area (Å²) in [5.74, 6) is 0.410. The largest absolute Gasteiger partial charge is 0.264 e. The van der Waals surface area contributed by atoms with E-state index in [2.05, 4.69) is 27.7 Å². The van der Waals surface area contributed by atoms with Crippen LogP contribution in [0.15, 0.2) is 24.4 Å². The summed E-state index contributed by atoms with van der Waals surface area (Å²) in [7, 11) is -2.95. The smallest absolute Gasteiger partial charge is 0.152 e. The second kappa shape index (κ2) is 5.56. The Balaban J connectivity index is 2.20. The maximum Gasteiger partial charge on any atom is 0.152 e. The van der Waals surface area contributed by atoms with Crippen LogP contribution in [0.2, 0.25) is 0 Å². The van der Waals surface area contributed by atoms with Gasteiger partial charge in [-0.25, -0.2) is 8.42 Å². The highest BCUT2D eigenvalue weighted by Crippen LogP contribution is 2.17. The molecule has 0 atom stereocenters. The van der Waals surface area contributed by atoms with Crippen LogP contribution in [0.25, 0.3) is 10.9 Å². The molecule has 0 unspecified atom stereocenters. The van der Waals surface area contributed by atoms with E-state index in [4.69, 9.17) is 0 Å². The van der Waals surface area contributed by atoms with E-state index < -0.39 is 9.84 Å². The van der Waals surface area contributed by atoms with Crippen molar-refractivity contribution in [3.63, 3.8) is 0 Å². The molecule has 0 radical (unpaired) electrons. The van der Waals surface area contributed by atoms with Crippen LogP contribution in [0.3, 0.4) is 0 Å². The van der Waals surface area contributed by atoms with Crippen LogP contribution in [0.4, 0.5) is 0 Å². The first-order valence-electron chi connectivity index (χ1n) is 5.83. The summed E-state index contributed by atoms with van der Waals surface area (Å²) in [6, 6.07) is 6.04. The molecule has 0 saturated carbocycles. The molecule has 0 spiro atoms. The summed E-state index contributed by atoms with van der Waals surface area (Å²) < 4.78 is 26.3. The number of hydrogen-bond donors (Lipinski definition) is 0. The molecule has 2 aromatic rings. The van der Waals surface area contributed by atoms with Crippen LogP contribution in [0, 0.1) is 3.57 Å². The highest BCUT2D eigenvalue weighted by molar-refractivity contribution is 14.1. The lowest BCUT2D eigenvalue weighted by Crippen LogP contribution is -2.16. The van der Waals surface area contributed by atoms with Crippen molar-refractivity contribution in [1.29, 1.82) is 0 Å². The maximum absolute atomic E-state index is 11.7. The highest BCUT2D eigenvalue weighted by Gasteiger charge is 2.11. The predicted molar refractivity (Wildman–Crippen MR) is 81.4 cm³/mol. The number of aryl methyl sites for hydroxylation is 1. The van der Waals surface area contributed by atoms with Gasteiger partial charge < -0.3 is 0 Å². The Morgan fingerprint density at radius 2 is 2.11 bits per heavy atom. The van der Waals surface area contributed by atoms with E-state index in [9.17, 15) is 8.42 Å². The van der Waals surface area contributed by atoms with Crippen molar-refractivity contribution < 1.29 is 8.42 Å². The lowest BCUT2D eigenvalue weighted by Gasteiger charge is -2.05. The number of aromatic nitrogens is 2. The van der Waals surface area contributed by atoms with Crippen molar-refractivity contribution in [2.24, 2.45) is 0 Å². The zero-order valence-electron chi connectivity index (χ0n) is 10.1. The first kappa shape index (κ1) is 13.8. The van der Waals surface area contributed by atoms with E-state index in [0.717, 1.165) is 14.5 Å². The van der Waals surface area contributed by atoms with Gasteiger partial charge in [-0.05, 0) is 41.1 Å². The minimum Gasteiger partial charge on any atom is -0.264 e. The fraction of sp³-hybridized carbons (Fsp3) is 0.417. The highest BCUT2D eigenvalue weighted by atomic mass is 127. The lowest BCUT2D eigenvalue weighted by atomic mass is 10.3. The van der Waals surface area contributed by atoms with Gasteiger partial charge in [-0.2, -0.15) is 5.10 Å². The van der Waals surface area contributed by atoms with Crippen molar-refractivity contribution in [1.82, 2.24) is 9.78 Å². The Kier molecular flexibility index (Phi) is 4.26. The molecule has 0 amide bonds. The Labute approximate surface area is 120 Å². The van der Waals surface area contributed by atoms with Gasteiger partial charge in [-0.1, -0.05) is 13.0 Å². The van der Waals surface area contributed by atoms with Gasteiger partial charge in [0.15, 0.2) is 9.84 Å². The summed E-state index contributed by atoms with van der Waals surface area (Å²) >= 11 is 2.24. The number of sulfone groups is 1. The molecule has 1 aromatic carbocycles. The Morgan fingerprint density at radius 3 is 2.83 bits per heavy atom. The van der Waals surface area contributed by atoms with Gasteiger partial charge in [0.25, 0.3) is 0 Å². The predicted octanol–water partition coefficient (Wildman–Crippen LogP) is 2.47. The van der Waals surface area contributed by atoms with Crippen molar-refractivity contribution in [2.75, 3.05) is 11.5 Å². The lowest BCUT2D eigenvalue weighted by molar-refractivity contribution is 0.582. The van der Waals surface area contributed by atoms with Crippen molar-refractivity contribution >= 4 is 43.3 Å². The van der Waals surface area contributed by atoms with Crippen molar-refractivity contribution in [3.8, 4) is 0 Å². The van der Waals surface area contributed by atoms with Gasteiger partial charge in [0, 0.05) is 14.7 Å². The molecule has 0 aliphatic carbocycles. The van der Waals surface area contributed by atoms with Crippen LogP contribution in [-0.2, 0) is 16.4 Å². The van der Waals surface area contributed by atoms with Gasteiger partial charge in [0.2, 0.25) is 0 Å². The second-order valence-corrected chi connectivity index (χ2v) is 7.77. The van der Waals surface area contributed by atoms with Gasteiger partial charge >= 0.3 is 0 Å². The molecule has 0 aliphatic rings. The van der Waals surface area contributed by atoms with Crippen LogP contribution >= 0.6 is 22.6 Å². The summed E-state index contributed by atoms with van der Waals surface area (Å²) in [6.45, 7) is 2.30. The quantitative estimate of drug-likeness (QED) is 0.752. The molecule has 1 heterocycles. The van der Waals surface area contributed by atoms with E-state index in [-0.39, 0.29) is 11.5 Å². The number of rotatable bonds is 5. The molecular weight excluding hydrogens is 363 g/mol. The molecule has 0 bridgehead atoms. The monoisotopic (exact) mass is 378 g/mol. The average molecular weight is 378 g/mol. The average Bonchev–Trinajstić information content (AvgIpc) is 2.69. The molecular formula is C12H15IN2O2S. The molecule has 0 N–H and O–H groups in total. The zero-order valence-corrected chi connectivity index (χ0v) is 13.1. The number of hydrogen-bond acceptors (Lipinski definition) is 3. The third-order valence-corrected chi connectivity index (χ3v) is 5.24. The Hall–Kier alpha value is -0.630. The molecule has 1 aromatic heterocycles. The molecule has 6 heteroatoms. The summed E-state index contributed by atoms with van der Waals surface area (Å²) in [4.78, 5) is 0. The zero-order chi connectivity index (χ0) is 13.2. The fourth-order valence-corrected chi connectivity index (χ4v) is 3.61. The van der Waals surface area contributed by atoms with Gasteiger partial charge in [-0.3, -0.25) is 4.68 Å². The minimum atomic E-state index is -2.95. The molecule has 0 fully saturated rings. The number of halogens is 1. The Bertz CT molecular complexity index is 649. The van der Waals surface area contributed by atoms with Crippen molar-refractivity contribution in [2.45, 2.75) is 19.9 Å². The minimum absolute atomic E-state index is 0.156. The fourth-order valence-electron chi connectivity index (χ4n) is 1.86. The third-order valence-electron chi connectivity index (χ3n) is 2.74. The van der Waals surface area contributed by atoms with E-state index in [1.165, 1.54) is 0 Å². The summed E-state index contributed by atoms with van der Waals surface area (Å²) in [5.41, 5.74) is 0.994. The topological polar surface area (TPSA) is 52.0 Å². The standard InChI is InChI=1S/C12H15IN2O2S/c1-2-6-18(16,17)7-5-15-12-8-11(13)4-3-10(12)9-14-15/h3-4,8-9H,2,5-7H2,1H3. The van der Waals surface area contributed by atoms with E-state index in [1.54, 1.807) is 10.9 Å². The first-order valence-corrected chi connectivity index (χ1v) is 8.73. The summed E-state index contributed by atoms with van der Waals surface area (Å²) in [5, 5.41) is 5.29. The van der Waals surface area contributed by atoms with Crippen molar-refractivity contribution in [3.05, 3.63) is 28.0 Å². The summed E-state index contributed by atoms with van der Waals surface area (Å²) in [6.07, 6.45) is 2.44. The molecule has 4 nitrogen and oxygen atoms in total. The molecule has 18 heavy (non-hydrogen) atoms. The van der Waals surface area contributed by atoms with E-state index in [1.807, 2.05) is 25.1 Å². The van der Waals surface area contributed by atoms with Gasteiger partial charge in [0.05, 0.1) is 24.0 Å².